The van der Waals surface area contributed by atoms with Gasteiger partial charge in [0.05, 0.1) is 0 Å². The van der Waals surface area contributed by atoms with Crippen LogP contribution in [-0.4, -0.2) is 13.2 Å². The number of nitrogens with one attached hydrogen (secondary N) is 1. The van der Waals surface area contributed by atoms with Gasteiger partial charge in [0.2, 0.25) is 0 Å². The van der Waals surface area contributed by atoms with Gasteiger partial charge in [-0.1, -0.05) is 49.0 Å². The molecule has 1 aromatic carbocycles. The summed E-state index contributed by atoms with van der Waals surface area (Å²) in [6.07, 6.45) is 1.73. The van der Waals surface area contributed by atoms with Gasteiger partial charge in [-0.15, -0.1) is 0 Å². The van der Waals surface area contributed by atoms with Crippen LogP contribution in [0.5, 0.6) is 5.75 Å². The van der Waals surface area contributed by atoms with Gasteiger partial charge in [0, 0.05) is 23.7 Å². The third kappa shape index (κ3) is 4.51. The SMILES string of the molecule is C=CCOc1ccccc1CNCC(=C)Cl. The molecule has 0 saturated carbocycles. The third-order valence-electron chi connectivity index (χ3n) is 1.96. The standard InChI is InChI=1S/C13H16ClNO/c1-3-8-16-13-7-5-4-6-12(13)10-15-9-11(2)14/h3-7,15H,1-2,8-10H2. The predicted octanol–water partition coefficient (Wildman–Crippen LogP) is 3.09. The highest BCUT2D eigenvalue weighted by Crippen LogP contribution is 2.17. The summed E-state index contributed by atoms with van der Waals surface area (Å²) in [7, 11) is 0. The summed E-state index contributed by atoms with van der Waals surface area (Å²) < 4.78 is 5.53. The molecule has 0 aromatic heterocycles. The Kier molecular flexibility index (Phi) is 5.68. The van der Waals surface area contributed by atoms with Crippen LogP contribution in [0, 0.1) is 0 Å². The first-order valence-electron chi connectivity index (χ1n) is 5.09. The van der Waals surface area contributed by atoms with Crippen molar-refractivity contribution in [1.82, 2.24) is 5.32 Å². The fourth-order valence-electron chi connectivity index (χ4n) is 1.27. The van der Waals surface area contributed by atoms with Gasteiger partial charge >= 0.3 is 0 Å². The minimum atomic E-state index is 0.513. The molecule has 0 heterocycles. The van der Waals surface area contributed by atoms with E-state index in [4.69, 9.17) is 16.3 Å². The maximum atomic E-state index is 5.67. The fourth-order valence-corrected chi connectivity index (χ4v) is 1.37. The van der Waals surface area contributed by atoms with Crippen LogP contribution >= 0.6 is 11.6 Å². The first-order chi connectivity index (χ1) is 7.74. The maximum Gasteiger partial charge on any atom is 0.124 e. The lowest BCUT2D eigenvalue weighted by atomic mass is 10.2. The highest BCUT2D eigenvalue weighted by atomic mass is 35.5. The third-order valence-corrected chi connectivity index (χ3v) is 2.10. The molecule has 0 radical (unpaired) electrons. The second kappa shape index (κ2) is 7.09. The average molecular weight is 238 g/mol. The highest BCUT2D eigenvalue weighted by Gasteiger charge is 2.01. The van der Waals surface area contributed by atoms with E-state index < -0.39 is 0 Å². The van der Waals surface area contributed by atoms with Gasteiger partial charge in [0.1, 0.15) is 12.4 Å². The van der Waals surface area contributed by atoms with Gasteiger partial charge < -0.3 is 10.1 Å². The van der Waals surface area contributed by atoms with E-state index in [9.17, 15) is 0 Å². The minimum Gasteiger partial charge on any atom is -0.489 e. The van der Waals surface area contributed by atoms with Gasteiger partial charge in [-0.25, -0.2) is 0 Å². The van der Waals surface area contributed by atoms with E-state index in [1.54, 1.807) is 6.08 Å². The normalized spacial score (nSPS) is 9.81. The van der Waals surface area contributed by atoms with E-state index >= 15 is 0 Å². The Morgan fingerprint density at radius 1 is 1.44 bits per heavy atom. The molecule has 3 heteroatoms. The first kappa shape index (κ1) is 12.8. The second-order valence-corrected chi connectivity index (χ2v) is 3.86. The molecule has 0 unspecified atom stereocenters. The zero-order valence-corrected chi connectivity index (χ0v) is 9.96. The summed E-state index contributed by atoms with van der Waals surface area (Å²) in [5.41, 5.74) is 1.10. The lowest BCUT2D eigenvalue weighted by Gasteiger charge is -2.10. The largest absolute Gasteiger partial charge is 0.489 e. The van der Waals surface area contributed by atoms with Crippen molar-refractivity contribution in [3.8, 4) is 5.75 Å². The lowest BCUT2D eigenvalue weighted by molar-refractivity contribution is 0.358. The summed E-state index contributed by atoms with van der Waals surface area (Å²) in [4.78, 5) is 0. The van der Waals surface area contributed by atoms with Gasteiger partial charge in [0.25, 0.3) is 0 Å². The van der Waals surface area contributed by atoms with Crippen LogP contribution in [0.1, 0.15) is 5.56 Å². The Morgan fingerprint density at radius 3 is 2.88 bits per heavy atom. The van der Waals surface area contributed by atoms with Crippen molar-refractivity contribution in [3.05, 3.63) is 54.1 Å². The van der Waals surface area contributed by atoms with Crippen LogP contribution in [0.3, 0.4) is 0 Å². The molecule has 0 fully saturated rings. The van der Waals surface area contributed by atoms with Crippen molar-refractivity contribution >= 4 is 11.6 Å². The molecular formula is C13H16ClNO. The monoisotopic (exact) mass is 237 g/mol. The summed E-state index contributed by atoms with van der Waals surface area (Å²) >= 11 is 5.67. The number of rotatable bonds is 7. The van der Waals surface area contributed by atoms with E-state index in [0.717, 1.165) is 11.3 Å². The molecule has 86 valence electrons. The highest BCUT2D eigenvalue weighted by molar-refractivity contribution is 6.29. The number of ether oxygens (including phenoxy) is 1. The van der Waals surface area contributed by atoms with Gasteiger partial charge in [-0.05, 0) is 6.07 Å². The van der Waals surface area contributed by atoms with E-state index in [-0.39, 0.29) is 0 Å². The van der Waals surface area contributed by atoms with Crippen molar-refractivity contribution in [1.29, 1.82) is 0 Å². The molecule has 0 aliphatic rings. The fraction of sp³-hybridized carbons (Fsp3) is 0.231. The molecule has 0 aliphatic carbocycles. The number of para-hydroxylation sites is 1. The molecule has 2 nitrogen and oxygen atoms in total. The zero-order valence-electron chi connectivity index (χ0n) is 9.21. The van der Waals surface area contributed by atoms with E-state index in [0.29, 0.717) is 24.7 Å². The number of hydrogen-bond acceptors (Lipinski definition) is 2. The number of hydrogen-bond donors (Lipinski definition) is 1. The Hall–Kier alpha value is -1.25. The Bertz CT molecular complexity index is 363. The van der Waals surface area contributed by atoms with Crippen molar-refractivity contribution in [2.45, 2.75) is 6.54 Å². The molecule has 0 aliphatic heterocycles. The van der Waals surface area contributed by atoms with Crippen molar-refractivity contribution in [3.63, 3.8) is 0 Å². The summed E-state index contributed by atoms with van der Waals surface area (Å²) in [5, 5.41) is 3.78. The van der Waals surface area contributed by atoms with Crippen molar-refractivity contribution < 1.29 is 4.74 Å². The van der Waals surface area contributed by atoms with E-state index in [1.165, 1.54) is 0 Å². The molecular weight excluding hydrogens is 222 g/mol. The van der Waals surface area contributed by atoms with E-state index in [1.807, 2.05) is 24.3 Å². The average Bonchev–Trinajstić information content (AvgIpc) is 2.27. The minimum absolute atomic E-state index is 0.513. The van der Waals surface area contributed by atoms with Gasteiger partial charge in [0.15, 0.2) is 0 Å². The van der Waals surface area contributed by atoms with Crippen LogP contribution in [0.15, 0.2) is 48.5 Å². The zero-order chi connectivity index (χ0) is 11.8. The molecule has 16 heavy (non-hydrogen) atoms. The lowest BCUT2D eigenvalue weighted by Crippen LogP contribution is -2.15. The van der Waals surface area contributed by atoms with Crippen LogP contribution in [0.25, 0.3) is 0 Å². The molecule has 1 N–H and O–H groups in total. The second-order valence-electron chi connectivity index (χ2n) is 3.33. The van der Waals surface area contributed by atoms with Gasteiger partial charge in [-0.3, -0.25) is 0 Å². The smallest absolute Gasteiger partial charge is 0.124 e. The molecule has 1 aromatic rings. The van der Waals surface area contributed by atoms with Crippen molar-refractivity contribution in [2.75, 3.05) is 13.2 Å². The summed E-state index contributed by atoms with van der Waals surface area (Å²) in [6.45, 7) is 9.05. The molecule has 0 amide bonds. The quantitative estimate of drug-likeness (QED) is 0.736. The predicted molar refractivity (Wildman–Crippen MR) is 68.8 cm³/mol. The Labute approximate surface area is 102 Å². The number of halogens is 1. The van der Waals surface area contributed by atoms with Crippen LogP contribution in [-0.2, 0) is 6.54 Å². The topological polar surface area (TPSA) is 21.3 Å². The summed E-state index contributed by atoms with van der Waals surface area (Å²) in [6, 6.07) is 7.88. The Balaban J connectivity index is 2.56. The van der Waals surface area contributed by atoms with Crippen LogP contribution < -0.4 is 10.1 Å². The summed E-state index contributed by atoms with van der Waals surface area (Å²) in [5.74, 6) is 0.870. The van der Waals surface area contributed by atoms with Gasteiger partial charge in [-0.2, -0.15) is 0 Å². The Morgan fingerprint density at radius 2 is 2.19 bits per heavy atom. The molecule has 0 saturated heterocycles. The molecule has 0 bridgehead atoms. The number of benzene rings is 1. The molecule has 0 atom stereocenters. The van der Waals surface area contributed by atoms with Crippen LogP contribution in [0.4, 0.5) is 0 Å². The maximum absolute atomic E-state index is 5.67. The molecule has 0 spiro atoms. The van der Waals surface area contributed by atoms with Crippen molar-refractivity contribution in [2.24, 2.45) is 0 Å². The molecule has 1 rings (SSSR count). The first-order valence-corrected chi connectivity index (χ1v) is 5.47. The van der Waals surface area contributed by atoms with E-state index in [2.05, 4.69) is 18.5 Å². The van der Waals surface area contributed by atoms with Crippen LogP contribution in [0.2, 0.25) is 0 Å².